The highest BCUT2D eigenvalue weighted by Gasteiger charge is 2.16. The first-order chi connectivity index (χ1) is 10.2. The van der Waals surface area contributed by atoms with Crippen LogP contribution in [0.1, 0.15) is 18.9 Å². The Morgan fingerprint density at radius 1 is 1.43 bits per heavy atom. The Hall–Kier alpha value is -2.05. The second-order valence-electron chi connectivity index (χ2n) is 5.38. The van der Waals surface area contributed by atoms with Crippen LogP contribution in [0.5, 0.6) is 0 Å². The summed E-state index contributed by atoms with van der Waals surface area (Å²) >= 11 is 6.19. The molecule has 4 heteroatoms. The molecule has 0 fully saturated rings. The van der Waals surface area contributed by atoms with Crippen molar-refractivity contribution in [1.29, 1.82) is 5.26 Å². The maximum atomic E-state index is 9.42. The third-order valence-corrected chi connectivity index (χ3v) is 4.35. The molecule has 0 aliphatic heterocycles. The number of nitriles is 1. The first-order valence-corrected chi connectivity index (χ1v) is 7.48. The molecule has 1 unspecified atom stereocenters. The molecule has 1 aliphatic carbocycles. The monoisotopic (exact) mass is 297 g/mol. The summed E-state index contributed by atoms with van der Waals surface area (Å²) in [4.78, 5) is 0. The molecule has 3 rings (SSSR count). The van der Waals surface area contributed by atoms with Crippen LogP contribution in [-0.2, 0) is 13.0 Å². The molecule has 0 N–H and O–H groups in total. The maximum Gasteiger partial charge on any atom is 0.0972 e. The normalized spacial score (nSPS) is 17.0. The summed E-state index contributed by atoms with van der Waals surface area (Å²) in [5.74, 6) is 0.262. The van der Waals surface area contributed by atoms with E-state index in [1.807, 2.05) is 35.1 Å². The number of rotatable bonds is 3. The largest absolute Gasteiger partial charge is 0.264 e. The smallest absolute Gasteiger partial charge is 0.0972 e. The molecule has 0 saturated carbocycles. The van der Waals surface area contributed by atoms with Crippen LogP contribution in [-0.4, -0.2) is 9.78 Å². The van der Waals surface area contributed by atoms with Crippen LogP contribution in [0.4, 0.5) is 0 Å². The Morgan fingerprint density at radius 3 is 3.00 bits per heavy atom. The highest BCUT2D eigenvalue weighted by Crippen LogP contribution is 2.17. The Balaban J connectivity index is 1.97. The fourth-order valence-corrected chi connectivity index (χ4v) is 2.99. The van der Waals surface area contributed by atoms with E-state index in [1.54, 1.807) is 0 Å². The molecule has 0 bridgehead atoms. The number of aryl methyl sites for hydroxylation is 2. The van der Waals surface area contributed by atoms with Gasteiger partial charge in [-0.2, -0.15) is 10.4 Å². The highest BCUT2D eigenvalue weighted by molar-refractivity contribution is 6.31. The van der Waals surface area contributed by atoms with Crippen LogP contribution in [0.25, 0.3) is 11.6 Å². The molecule has 0 radical (unpaired) electrons. The molecule has 0 amide bonds. The van der Waals surface area contributed by atoms with Crippen LogP contribution in [0.2, 0.25) is 5.02 Å². The van der Waals surface area contributed by atoms with Crippen LogP contribution in [0.15, 0.2) is 30.5 Å². The van der Waals surface area contributed by atoms with Crippen molar-refractivity contribution in [1.82, 2.24) is 9.78 Å². The Bertz CT molecular complexity index is 826. The van der Waals surface area contributed by atoms with Gasteiger partial charge in [0.1, 0.15) is 0 Å². The highest BCUT2D eigenvalue weighted by atomic mass is 35.5. The molecule has 1 heterocycles. The maximum absolute atomic E-state index is 9.42. The molecule has 1 aromatic heterocycles. The lowest BCUT2D eigenvalue weighted by molar-refractivity contribution is 0.591. The molecule has 1 aromatic carbocycles. The van der Waals surface area contributed by atoms with E-state index in [-0.39, 0.29) is 5.92 Å². The SMILES string of the molecule is CC1CC=c2cnn(CCc3ccccc3Cl)c2=C1C#N. The third-order valence-electron chi connectivity index (χ3n) is 3.98. The summed E-state index contributed by atoms with van der Waals surface area (Å²) in [6, 6.07) is 10.2. The summed E-state index contributed by atoms with van der Waals surface area (Å²) in [6.07, 6.45) is 5.73. The van der Waals surface area contributed by atoms with E-state index in [9.17, 15) is 5.26 Å². The third kappa shape index (κ3) is 2.59. The van der Waals surface area contributed by atoms with Crippen molar-refractivity contribution in [3.63, 3.8) is 0 Å². The van der Waals surface area contributed by atoms with Crippen molar-refractivity contribution in [3.05, 3.63) is 51.6 Å². The zero-order valence-corrected chi connectivity index (χ0v) is 12.6. The zero-order chi connectivity index (χ0) is 14.8. The van der Waals surface area contributed by atoms with E-state index in [0.29, 0.717) is 0 Å². The predicted octanol–water partition coefficient (Wildman–Crippen LogP) is 2.27. The molecular weight excluding hydrogens is 282 g/mol. The molecule has 0 saturated heterocycles. The van der Waals surface area contributed by atoms with Crippen molar-refractivity contribution in [3.8, 4) is 6.07 Å². The van der Waals surface area contributed by atoms with Gasteiger partial charge in [0.25, 0.3) is 0 Å². The number of aromatic nitrogens is 2. The molecule has 2 aromatic rings. The number of nitrogens with zero attached hydrogens (tertiary/aromatic N) is 3. The average molecular weight is 298 g/mol. The number of halogens is 1. The number of fused-ring (bicyclic) bond motifs is 1. The molecule has 21 heavy (non-hydrogen) atoms. The molecule has 1 aliphatic rings. The molecule has 0 spiro atoms. The first-order valence-electron chi connectivity index (χ1n) is 7.10. The van der Waals surface area contributed by atoms with Crippen molar-refractivity contribution >= 4 is 23.3 Å². The molecule has 1 atom stereocenters. The number of benzene rings is 1. The van der Waals surface area contributed by atoms with Gasteiger partial charge in [-0.1, -0.05) is 42.8 Å². The van der Waals surface area contributed by atoms with E-state index in [2.05, 4.69) is 24.2 Å². The Kier molecular flexibility index (Phi) is 3.81. The topological polar surface area (TPSA) is 41.6 Å². The van der Waals surface area contributed by atoms with Crippen molar-refractivity contribution in [2.75, 3.05) is 0 Å². The minimum Gasteiger partial charge on any atom is -0.264 e. The second kappa shape index (κ2) is 5.75. The minimum atomic E-state index is 0.262. The van der Waals surface area contributed by atoms with Gasteiger partial charge in [0.05, 0.1) is 23.2 Å². The molecule has 106 valence electrons. The predicted molar refractivity (Wildman–Crippen MR) is 83.9 cm³/mol. The van der Waals surface area contributed by atoms with Crippen LogP contribution >= 0.6 is 11.6 Å². The molecular formula is C17H16ClN3. The Morgan fingerprint density at radius 2 is 2.24 bits per heavy atom. The minimum absolute atomic E-state index is 0.262. The first kappa shape index (κ1) is 13.9. The summed E-state index contributed by atoms with van der Waals surface area (Å²) in [7, 11) is 0. The Labute approximate surface area is 128 Å². The fourth-order valence-electron chi connectivity index (χ4n) is 2.76. The van der Waals surface area contributed by atoms with E-state index < -0.39 is 0 Å². The summed E-state index contributed by atoms with van der Waals surface area (Å²) in [5, 5.41) is 16.7. The lowest BCUT2D eigenvalue weighted by Crippen LogP contribution is -2.36. The summed E-state index contributed by atoms with van der Waals surface area (Å²) in [5.41, 5.74) is 1.94. The number of hydrogen-bond acceptors (Lipinski definition) is 2. The molecule has 3 nitrogen and oxygen atoms in total. The lowest BCUT2D eigenvalue weighted by Gasteiger charge is -2.12. The van der Waals surface area contributed by atoms with Crippen LogP contribution in [0.3, 0.4) is 0 Å². The van der Waals surface area contributed by atoms with E-state index in [0.717, 1.165) is 46.1 Å². The standard InChI is InChI=1S/C17H16ClN3/c1-12-6-7-14-11-20-21(17(14)15(12)10-19)9-8-13-4-2-3-5-16(13)18/h2-5,7,11-12H,6,8-9H2,1H3. The second-order valence-corrected chi connectivity index (χ2v) is 5.79. The quantitative estimate of drug-likeness (QED) is 0.872. The van der Waals surface area contributed by atoms with Gasteiger partial charge in [0, 0.05) is 16.8 Å². The lowest BCUT2D eigenvalue weighted by atomic mass is 9.94. The van der Waals surface area contributed by atoms with Gasteiger partial charge >= 0.3 is 0 Å². The van der Waals surface area contributed by atoms with Crippen LogP contribution in [0, 0.1) is 17.2 Å². The van der Waals surface area contributed by atoms with Gasteiger partial charge in [-0.15, -0.1) is 0 Å². The van der Waals surface area contributed by atoms with Crippen LogP contribution < -0.4 is 10.6 Å². The van der Waals surface area contributed by atoms with E-state index in [1.165, 1.54) is 0 Å². The van der Waals surface area contributed by atoms with Crippen molar-refractivity contribution < 1.29 is 0 Å². The average Bonchev–Trinajstić information content (AvgIpc) is 2.90. The van der Waals surface area contributed by atoms with E-state index in [4.69, 9.17) is 11.6 Å². The van der Waals surface area contributed by atoms with Gasteiger partial charge < -0.3 is 0 Å². The number of hydrogen-bond donors (Lipinski definition) is 0. The van der Waals surface area contributed by atoms with Gasteiger partial charge in [0.2, 0.25) is 0 Å². The van der Waals surface area contributed by atoms with Crippen molar-refractivity contribution in [2.45, 2.75) is 26.3 Å². The van der Waals surface area contributed by atoms with Gasteiger partial charge in [-0.25, -0.2) is 0 Å². The fraction of sp³-hybridized carbons (Fsp3) is 0.294. The summed E-state index contributed by atoms with van der Waals surface area (Å²) in [6.45, 7) is 2.81. The van der Waals surface area contributed by atoms with Gasteiger partial charge in [0.15, 0.2) is 0 Å². The van der Waals surface area contributed by atoms with Gasteiger partial charge in [-0.05, 0) is 30.4 Å². The van der Waals surface area contributed by atoms with Crippen molar-refractivity contribution in [2.24, 2.45) is 5.92 Å². The zero-order valence-electron chi connectivity index (χ0n) is 11.9. The van der Waals surface area contributed by atoms with Gasteiger partial charge in [-0.3, -0.25) is 4.68 Å². The van der Waals surface area contributed by atoms with E-state index >= 15 is 0 Å². The summed E-state index contributed by atoms with van der Waals surface area (Å²) < 4.78 is 1.93.